The predicted molar refractivity (Wildman–Crippen MR) is 394 cm³/mol. The Morgan fingerprint density at radius 1 is 0.333 bits per heavy atom. The molecule has 90 heavy (non-hydrogen) atoms. The molecule has 4 nitrogen and oxygen atoms in total. The van der Waals surface area contributed by atoms with Crippen LogP contribution in [-0.4, -0.2) is 10.5 Å². The number of benzene rings is 14. The van der Waals surface area contributed by atoms with Gasteiger partial charge in [-0.05, 0) is 175 Å². The molecule has 0 aliphatic heterocycles. The van der Waals surface area contributed by atoms with Crippen molar-refractivity contribution in [1.29, 1.82) is 2.56 Å². The molecule has 0 spiro atoms. The molecule has 2 unspecified atom stereocenters. The van der Waals surface area contributed by atoms with Crippen LogP contribution in [0.3, 0.4) is 0 Å². The normalized spacial score (nSPS) is 11.3. The topological polar surface area (TPSA) is 22.1 Å². The molecule has 14 rings (SSSR count). The lowest BCUT2D eigenvalue weighted by molar-refractivity contribution is 0.975. The van der Waals surface area contributed by atoms with E-state index in [-0.39, 0.29) is 5.92 Å². The lowest BCUT2D eigenvalue weighted by Crippen LogP contribution is -2.10. The predicted octanol–water partition coefficient (Wildman–Crippen LogP) is 23.7. The van der Waals surface area contributed by atoms with E-state index in [0.717, 1.165) is 51.2 Å². The van der Waals surface area contributed by atoms with E-state index < -0.39 is 9.79 Å². The molecule has 7 heteroatoms. The van der Waals surface area contributed by atoms with Gasteiger partial charge in [0, 0.05) is 56.5 Å². The molecular formula is C83H69BN4P2. The Hall–Kier alpha value is -10.4. The van der Waals surface area contributed by atoms with Gasteiger partial charge < -0.3 is 19.4 Å². The van der Waals surface area contributed by atoms with Gasteiger partial charge in [-0.3, -0.25) is 0 Å². The summed E-state index contributed by atoms with van der Waals surface area (Å²) in [7, 11) is 6.56. The van der Waals surface area contributed by atoms with Crippen LogP contribution in [0, 0.1) is 13.8 Å². The fraction of sp³-hybridized carbons (Fsp3) is 0.0361. The molecule has 2 radical (unpaired) electrons. The monoisotopic (exact) mass is 1200 g/mol. The molecule has 0 aliphatic rings. The summed E-state index contributed by atoms with van der Waals surface area (Å²) in [5.74, 6) is 0.200. The van der Waals surface area contributed by atoms with Gasteiger partial charge in [-0.15, -0.1) is 0 Å². The lowest BCUT2D eigenvalue weighted by Gasteiger charge is -2.27. The van der Waals surface area contributed by atoms with Crippen molar-refractivity contribution in [1.82, 2.24) is 0 Å². The van der Waals surface area contributed by atoms with Gasteiger partial charge in [-0.1, -0.05) is 260 Å². The highest BCUT2D eigenvalue weighted by Crippen LogP contribution is 2.43. The largest absolute Gasteiger partial charge is 0.344 e. The first-order chi connectivity index (χ1) is 45.3. The van der Waals surface area contributed by atoms with Crippen LogP contribution in [0.15, 0.2) is 357 Å². The van der Waals surface area contributed by atoms with Crippen LogP contribution in [0.5, 0.6) is 0 Å². The van der Waals surface area contributed by atoms with E-state index in [4.69, 9.17) is 2.56 Å². The van der Waals surface area contributed by atoms with Gasteiger partial charge in [0.25, 0.3) is 7.98 Å². The molecule has 0 aromatic heterocycles. The number of anilines is 9. The smallest absolute Gasteiger partial charge is 0.265 e. The number of rotatable bonds is 14. The van der Waals surface area contributed by atoms with Crippen LogP contribution in [0.4, 0.5) is 51.2 Å². The number of nitrogens with zero attached hydrogens (tertiary/aromatic N) is 4. The summed E-state index contributed by atoms with van der Waals surface area (Å²) in [5.41, 5.74) is 21.5. The summed E-state index contributed by atoms with van der Waals surface area (Å²) < 4.78 is 14.6. The Morgan fingerprint density at radius 3 is 1.04 bits per heavy atom. The first-order valence-electron chi connectivity index (χ1n) is 31.1. The Balaban J connectivity index is 0.000000175. The second kappa shape index (κ2) is 29.5. The zero-order chi connectivity index (χ0) is 63.4. The molecule has 0 heterocycles. The van der Waals surface area contributed by atoms with Crippen molar-refractivity contribution in [3.8, 4) is 22.3 Å². The zero-order valence-corrected chi connectivity index (χ0v) is 52.4. The number of aryl methyl sites for hydroxylation is 2. The molecule has 0 saturated heterocycles. The number of fused-ring (bicyclic) bond motifs is 2. The second-order valence-corrected chi connectivity index (χ2v) is 22.3. The maximum atomic E-state index is 5.90. The maximum Gasteiger partial charge on any atom is 0.265 e. The minimum atomic E-state index is -0.417. The van der Waals surface area contributed by atoms with Crippen LogP contribution < -0.4 is 14.7 Å². The van der Waals surface area contributed by atoms with Crippen molar-refractivity contribution in [3.63, 3.8) is 0 Å². The SMILES string of the molecule is Cc1cccc(C(c2ccccc2)c2ccc(-c3ccc(N(c4ccccc4)c4cccc(C)c4)cc3)cc2)c1.[2H]P[3H].[B]N=P.c1ccc(N(c2ccc(-c3ccc(N(c4ccccc4)c4cccc5ccccc45)cc3)cc2)c2cccc3ccccc23)cc1. The van der Waals surface area contributed by atoms with Gasteiger partial charge >= 0.3 is 0 Å². The first kappa shape index (κ1) is 58.6. The molecule has 14 aromatic rings. The Labute approximate surface area is 540 Å². The van der Waals surface area contributed by atoms with Crippen molar-refractivity contribution in [2.45, 2.75) is 19.8 Å². The first-order valence-corrected chi connectivity index (χ1v) is 30.5. The minimum Gasteiger partial charge on any atom is -0.344 e. The van der Waals surface area contributed by atoms with Crippen LogP contribution in [0.1, 0.15) is 33.7 Å². The lowest BCUT2D eigenvalue weighted by atomic mass is 9.84. The summed E-state index contributed by atoms with van der Waals surface area (Å²) in [6, 6.07) is 126. The van der Waals surface area contributed by atoms with E-state index in [1.165, 1.54) is 71.6 Å². The van der Waals surface area contributed by atoms with Crippen LogP contribution in [-0.2, 0) is 0 Å². The third kappa shape index (κ3) is 14.1. The van der Waals surface area contributed by atoms with Gasteiger partial charge in [-0.25, -0.2) is 0 Å². The fourth-order valence-electron chi connectivity index (χ4n) is 12.0. The third-order valence-electron chi connectivity index (χ3n) is 16.1. The molecule has 0 bridgehead atoms. The van der Waals surface area contributed by atoms with Crippen LogP contribution in [0.25, 0.3) is 43.8 Å². The summed E-state index contributed by atoms with van der Waals surface area (Å²) >= 11 is 0. The molecule has 14 aromatic carbocycles. The maximum absolute atomic E-state index is 5.90. The van der Waals surface area contributed by atoms with Gasteiger partial charge in [0.2, 0.25) is 0 Å². The second-order valence-electron chi connectivity index (χ2n) is 22.0. The third-order valence-corrected chi connectivity index (χ3v) is 16.1. The Bertz CT molecular complexity index is 4320. The Kier molecular flexibility index (Phi) is 19.2. The van der Waals surface area contributed by atoms with E-state index in [1.807, 2.05) is 0 Å². The summed E-state index contributed by atoms with van der Waals surface area (Å²) in [4.78, 5) is 7.00. The zero-order valence-electron chi connectivity index (χ0n) is 52.4. The molecule has 0 saturated carbocycles. The van der Waals surface area contributed by atoms with E-state index >= 15 is 0 Å². The number of hydrogen-bond acceptors (Lipinski definition) is 4. The minimum absolute atomic E-state index is 0.200. The van der Waals surface area contributed by atoms with E-state index in [9.17, 15) is 0 Å². The van der Waals surface area contributed by atoms with Gasteiger partial charge in [-0.2, -0.15) is 9.79 Å². The Morgan fingerprint density at radius 2 is 0.622 bits per heavy atom. The highest BCUT2D eigenvalue weighted by Gasteiger charge is 2.20. The van der Waals surface area contributed by atoms with Crippen molar-refractivity contribution < 1.29 is 0 Å². The van der Waals surface area contributed by atoms with Crippen molar-refractivity contribution in [3.05, 3.63) is 380 Å². The molecular weight excluding hydrogens is 1130 g/mol. The van der Waals surface area contributed by atoms with Gasteiger partial charge in [0.05, 0.1) is 13.9 Å². The van der Waals surface area contributed by atoms with E-state index in [2.05, 4.69) is 402 Å². The molecule has 0 amide bonds. The fourth-order valence-corrected chi connectivity index (χ4v) is 12.0. The molecule has 434 valence electrons. The van der Waals surface area contributed by atoms with Gasteiger partial charge in [0.1, 0.15) is 0 Å². The summed E-state index contributed by atoms with van der Waals surface area (Å²) in [6.07, 6.45) is 0. The average Bonchev–Trinajstić information content (AvgIpc) is 0.935. The number of hydrogen-bond donors (Lipinski definition) is 0. The van der Waals surface area contributed by atoms with Gasteiger partial charge in [0.15, 0.2) is 0 Å². The van der Waals surface area contributed by atoms with Crippen LogP contribution >= 0.6 is 18.8 Å². The summed E-state index contributed by atoms with van der Waals surface area (Å²) in [5, 5.41) is 4.90. The average molecular weight is 1200 g/mol. The quantitative estimate of drug-likeness (QED) is 0.0615. The van der Waals surface area contributed by atoms with Crippen molar-refractivity contribution in [2.24, 2.45) is 4.66 Å². The standard InChI is InChI=1S/C44H32N2.C39H33N.BHNP.H3P/c1-3-17-37(18-4-1)45(43-23-11-15-35-13-7-9-21-41(35)43)39-29-25-33(26-30-39)34-27-31-40(32-28-34)46(38-19-5-2-6-20-38)44-24-12-16-36-14-8-10-22-42(36)44;1-29-11-9-15-35(27-29)39(33-13-5-3-6-14-33)34-21-19-31(20-22-34)32-23-25-37(26-24-32)40(36-16-7-4-8-17-36)38-18-10-12-30(2)28-38;1-2-3;/h1-32H;3-28,39H,1-2H3;3H;1H3/i;;;1TD. The molecule has 0 N–H and O–H groups in total. The van der Waals surface area contributed by atoms with Crippen LogP contribution in [0.2, 0.25) is 0 Å². The highest BCUT2D eigenvalue weighted by molar-refractivity contribution is 7.05. The number of para-hydroxylation sites is 3. The molecule has 0 aliphatic carbocycles. The van der Waals surface area contributed by atoms with E-state index in [0.29, 0.717) is 0 Å². The highest BCUT2D eigenvalue weighted by atomic mass is 31.0. The van der Waals surface area contributed by atoms with Crippen molar-refractivity contribution in [2.75, 3.05) is 14.7 Å². The van der Waals surface area contributed by atoms with E-state index in [1.54, 1.807) is 0 Å². The summed E-state index contributed by atoms with van der Waals surface area (Å²) in [6.45, 7) is 4.30. The van der Waals surface area contributed by atoms with Crippen molar-refractivity contribution >= 4 is 99.5 Å². The molecule has 0 fully saturated rings. The molecule has 2 atom stereocenters.